The third-order valence-electron chi connectivity index (χ3n) is 0.765. The minimum absolute atomic E-state index is 1.42. The first-order valence-corrected chi connectivity index (χ1v) is 2.39. The van der Waals surface area contributed by atoms with E-state index in [1.807, 2.05) is 0 Å². The Hall–Kier alpha value is -1.27. The van der Waals surface area contributed by atoms with Gasteiger partial charge >= 0.3 is 11.9 Å². The SMILES string of the molecule is NC(=O)CC(F)(F)C(=O)OF. The van der Waals surface area contributed by atoms with Crippen LogP contribution in [0.3, 0.4) is 0 Å². The quantitative estimate of drug-likeness (QED) is 0.645. The summed E-state index contributed by atoms with van der Waals surface area (Å²) in [5.41, 5.74) is 4.32. The lowest BCUT2D eigenvalue weighted by Gasteiger charge is -2.07. The molecule has 11 heavy (non-hydrogen) atoms. The van der Waals surface area contributed by atoms with E-state index in [0.717, 1.165) is 0 Å². The number of hydrogen-bond donors (Lipinski definition) is 1. The fraction of sp³-hybridized carbons (Fsp3) is 0.500. The summed E-state index contributed by atoms with van der Waals surface area (Å²) in [7, 11) is 0. The van der Waals surface area contributed by atoms with Crippen LogP contribution in [0.2, 0.25) is 0 Å². The number of nitrogens with two attached hydrogens (primary N) is 1. The molecular weight excluding hydrogens is 167 g/mol. The van der Waals surface area contributed by atoms with Crippen LogP contribution < -0.4 is 5.73 Å². The standard InChI is InChI=1S/C4H4F3NO3/c5-4(6,1-2(8)9)3(10)11-7/h1H2,(H2,8,9). The summed E-state index contributed by atoms with van der Waals surface area (Å²) in [5.74, 6) is -8.02. The Kier molecular flexibility index (Phi) is 2.85. The van der Waals surface area contributed by atoms with E-state index in [4.69, 9.17) is 0 Å². The second-order valence-electron chi connectivity index (χ2n) is 1.71. The van der Waals surface area contributed by atoms with Gasteiger partial charge in [0.2, 0.25) is 5.91 Å². The van der Waals surface area contributed by atoms with Crippen molar-refractivity contribution < 1.29 is 27.8 Å². The lowest BCUT2D eigenvalue weighted by atomic mass is 10.2. The number of carbonyl (C=O) groups is 2. The summed E-state index contributed by atoms with van der Waals surface area (Å²) in [6.07, 6.45) is -1.56. The molecule has 2 N–H and O–H groups in total. The first-order valence-electron chi connectivity index (χ1n) is 2.39. The van der Waals surface area contributed by atoms with Crippen molar-refractivity contribution in [3.8, 4) is 0 Å². The van der Waals surface area contributed by atoms with Crippen LogP contribution in [-0.2, 0) is 14.5 Å². The van der Waals surface area contributed by atoms with Gasteiger partial charge in [-0.1, -0.05) is 0 Å². The van der Waals surface area contributed by atoms with Gasteiger partial charge < -0.3 is 5.73 Å². The highest BCUT2D eigenvalue weighted by Gasteiger charge is 2.43. The molecule has 0 aromatic rings. The molecule has 0 saturated carbocycles. The number of hydrogen-bond acceptors (Lipinski definition) is 3. The van der Waals surface area contributed by atoms with Crippen LogP contribution in [0.1, 0.15) is 6.42 Å². The fourth-order valence-electron chi connectivity index (χ4n) is 0.347. The Bertz CT molecular complexity index is 181. The van der Waals surface area contributed by atoms with E-state index in [-0.39, 0.29) is 0 Å². The number of primary amides is 1. The molecule has 0 saturated heterocycles. The van der Waals surface area contributed by atoms with Gasteiger partial charge in [0, 0.05) is 4.53 Å². The Labute approximate surface area is 59.0 Å². The zero-order chi connectivity index (χ0) is 9.07. The maximum atomic E-state index is 12.1. The Balaban J connectivity index is 4.21. The molecule has 0 aliphatic rings. The lowest BCUT2D eigenvalue weighted by molar-refractivity contribution is -0.212. The minimum atomic E-state index is -4.18. The number of halogens is 3. The monoisotopic (exact) mass is 171 g/mol. The average molecular weight is 171 g/mol. The van der Waals surface area contributed by atoms with Gasteiger partial charge in [0.15, 0.2) is 0 Å². The van der Waals surface area contributed by atoms with Gasteiger partial charge in [-0.15, -0.1) is 0 Å². The molecule has 0 aliphatic heterocycles. The van der Waals surface area contributed by atoms with Gasteiger partial charge in [-0.05, 0) is 0 Å². The summed E-state index contributed by atoms with van der Waals surface area (Å²) in [6.45, 7) is 0. The predicted octanol–water partition coefficient (Wildman–Crippen LogP) is -0.0752. The lowest BCUT2D eigenvalue weighted by Crippen LogP contribution is -2.34. The Morgan fingerprint density at radius 3 is 2.18 bits per heavy atom. The average Bonchev–Trinajstić information content (AvgIpc) is 1.83. The van der Waals surface area contributed by atoms with Crippen LogP contribution in [-0.4, -0.2) is 17.8 Å². The molecule has 64 valence electrons. The van der Waals surface area contributed by atoms with Gasteiger partial charge in [-0.25, -0.2) is 9.74 Å². The second kappa shape index (κ2) is 3.22. The zero-order valence-electron chi connectivity index (χ0n) is 5.14. The van der Waals surface area contributed by atoms with E-state index < -0.39 is 24.2 Å². The number of carbonyl (C=O) groups excluding carboxylic acids is 2. The van der Waals surface area contributed by atoms with Crippen LogP contribution in [0.4, 0.5) is 13.3 Å². The van der Waals surface area contributed by atoms with Crippen molar-refractivity contribution in [2.45, 2.75) is 12.3 Å². The molecule has 0 fully saturated rings. The van der Waals surface area contributed by atoms with Gasteiger partial charge in [0.1, 0.15) is 6.42 Å². The highest BCUT2D eigenvalue weighted by Crippen LogP contribution is 2.19. The molecule has 0 unspecified atom stereocenters. The van der Waals surface area contributed by atoms with E-state index in [1.54, 1.807) is 0 Å². The van der Waals surface area contributed by atoms with E-state index in [0.29, 0.717) is 0 Å². The zero-order valence-corrected chi connectivity index (χ0v) is 5.14. The number of alkyl halides is 2. The molecule has 1 amide bonds. The predicted molar refractivity (Wildman–Crippen MR) is 26.0 cm³/mol. The Morgan fingerprint density at radius 2 is 1.91 bits per heavy atom. The molecule has 0 bridgehead atoms. The van der Waals surface area contributed by atoms with Crippen LogP contribution >= 0.6 is 0 Å². The first kappa shape index (κ1) is 9.73. The topological polar surface area (TPSA) is 69.4 Å². The summed E-state index contributed by atoms with van der Waals surface area (Å²) in [6, 6.07) is 0. The van der Waals surface area contributed by atoms with Gasteiger partial charge in [0.25, 0.3) is 0 Å². The molecule has 4 nitrogen and oxygen atoms in total. The molecule has 0 aromatic carbocycles. The van der Waals surface area contributed by atoms with Crippen LogP contribution in [0.15, 0.2) is 0 Å². The summed E-state index contributed by atoms with van der Waals surface area (Å²) < 4.78 is 35.0. The highest BCUT2D eigenvalue weighted by atomic mass is 19.3. The van der Waals surface area contributed by atoms with Crippen molar-refractivity contribution in [1.29, 1.82) is 0 Å². The maximum Gasteiger partial charge on any atom is 0.418 e. The van der Waals surface area contributed by atoms with Crippen LogP contribution in [0.5, 0.6) is 0 Å². The second-order valence-corrected chi connectivity index (χ2v) is 1.71. The molecule has 0 heterocycles. The van der Waals surface area contributed by atoms with E-state index in [9.17, 15) is 22.9 Å². The maximum absolute atomic E-state index is 12.1. The van der Waals surface area contributed by atoms with E-state index in [1.165, 1.54) is 0 Å². The summed E-state index contributed by atoms with van der Waals surface area (Å²) >= 11 is 0. The normalized spacial score (nSPS) is 10.8. The van der Waals surface area contributed by atoms with Crippen molar-refractivity contribution in [3.05, 3.63) is 0 Å². The number of amides is 1. The largest absolute Gasteiger partial charge is 0.418 e. The van der Waals surface area contributed by atoms with Crippen LogP contribution in [0.25, 0.3) is 0 Å². The molecule has 7 heteroatoms. The highest BCUT2D eigenvalue weighted by molar-refractivity contribution is 5.85. The van der Waals surface area contributed by atoms with Crippen molar-refractivity contribution in [3.63, 3.8) is 0 Å². The molecular formula is C4H4F3NO3. The molecule has 0 spiro atoms. The smallest absolute Gasteiger partial charge is 0.369 e. The first-order chi connectivity index (χ1) is 4.90. The molecule has 0 aromatic heterocycles. The molecule has 0 atom stereocenters. The number of rotatable bonds is 3. The van der Waals surface area contributed by atoms with Crippen molar-refractivity contribution in [2.24, 2.45) is 5.73 Å². The van der Waals surface area contributed by atoms with Crippen molar-refractivity contribution >= 4 is 11.9 Å². The minimum Gasteiger partial charge on any atom is -0.369 e. The fourth-order valence-corrected chi connectivity index (χ4v) is 0.347. The molecule has 0 radical (unpaired) electrons. The van der Waals surface area contributed by atoms with Gasteiger partial charge in [0.05, 0.1) is 0 Å². The van der Waals surface area contributed by atoms with E-state index >= 15 is 0 Å². The van der Waals surface area contributed by atoms with Gasteiger partial charge in [-0.2, -0.15) is 8.78 Å². The van der Waals surface area contributed by atoms with Crippen molar-refractivity contribution in [2.75, 3.05) is 0 Å². The van der Waals surface area contributed by atoms with E-state index in [2.05, 4.69) is 10.7 Å². The third-order valence-corrected chi connectivity index (χ3v) is 0.765. The molecule has 0 aliphatic carbocycles. The molecule has 0 rings (SSSR count). The third kappa shape index (κ3) is 2.87. The Morgan fingerprint density at radius 1 is 1.45 bits per heavy atom. The van der Waals surface area contributed by atoms with Crippen molar-refractivity contribution in [1.82, 2.24) is 0 Å². The van der Waals surface area contributed by atoms with Gasteiger partial charge in [-0.3, -0.25) is 4.79 Å². The summed E-state index contributed by atoms with van der Waals surface area (Å²) in [5, 5.41) is 0. The summed E-state index contributed by atoms with van der Waals surface area (Å²) in [4.78, 5) is 21.9. The van der Waals surface area contributed by atoms with Crippen LogP contribution in [0, 0.1) is 0 Å².